The normalized spacial score (nSPS) is 17.2. The largest absolute Gasteiger partial charge is 0.392 e. The average Bonchev–Trinajstić information content (AvgIpc) is 2.48. The summed E-state index contributed by atoms with van der Waals surface area (Å²) in [6.45, 7) is 4.66. The van der Waals surface area contributed by atoms with Gasteiger partial charge in [0.2, 0.25) is 5.91 Å². The molecule has 4 heteroatoms. The van der Waals surface area contributed by atoms with Gasteiger partial charge in [-0.05, 0) is 44.4 Å². The average molecular weight is 304 g/mol. The van der Waals surface area contributed by atoms with Crippen molar-refractivity contribution < 1.29 is 4.79 Å². The van der Waals surface area contributed by atoms with Crippen molar-refractivity contribution in [2.75, 3.05) is 11.4 Å². The zero-order valence-corrected chi connectivity index (χ0v) is 13.7. The molecule has 0 saturated heterocycles. The van der Waals surface area contributed by atoms with Crippen molar-refractivity contribution in [3.8, 4) is 0 Å². The van der Waals surface area contributed by atoms with E-state index < -0.39 is 5.41 Å². The molecule has 1 saturated carbocycles. The molecular formula is C17H24N2OS. The van der Waals surface area contributed by atoms with Crippen molar-refractivity contribution in [1.82, 2.24) is 0 Å². The van der Waals surface area contributed by atoms with Crippen LogP contribution in [-0.2, 0) is 4.79 Å². The Morgan fingerprint density at radius 1 is 1.33 bits per heavy atom. The highest BCUT2D eigenvalue weighted by atomic mass is 32.1. The standard InChI is InChI=1S/C17H24N2OS/c1-3-19(14-9-7-8-13(2)12-14)16(20)17(15(18)21)10-5-4-6-11-17/h7-9,12H,3-6,10-11H2,1-2H3,(H2,18,21). The molecule has 2 rings (SSSR count). The summed E-state index contributed by atoms with van der Waals surface area (Å²) in [5.74, 6) is 0.0720. The van der Waals surface area contributed by atoms with Crippen LogP contribution in [0.2, 0.25) is 0 Å². The molecule has 1 aromatic carbocycles. The third-order valence-electron chi connectivity index (χ3n) is 4.46. The van der Waals surface area contributed by atoms with Crippen LogP contribution in [0.3, 0.4) is 0 Å². The maximum Gasteiger partial charge on any atom is 0.240 e. The first kappa shape index (κ1) is 16.0. The van der Waals surface area contributed by atoms with Crippen molar-refractivity contribution in [2.24, 2.45) is 11.1 Å². The quantitative estimate of drug-likeness (QED) is 0.865. The SMILES string of the molecule is CCN(C(=O)C1(C(N)=S)CCCCC1)c1cccc(C)c1. The highest BCUT2D eigenvalue weighted by Gasteiger charge is 2.44. The summed E-state index contributed by atoms with van der Waals surface area (Å²) in [4.78, 5) is 15.4. The fourth-order valence-electron chi connectivity index (χ4n) is 3.22. The Morgan fingerprint density at radius 3 is 2.52 bits per heavy atom. The molecule has 0 bridgehead atoms. The van der Waals surface area contributed by atoms with Crippen LogP contribution >= 0.6 is 12.2 Å². The van der Waals surface area contributed by atoms with Gasteiger partial charge in [-0.15, -0.1) is 0 Å². The molecule has 21 heavy (non-hydrogen) atoms. The molecule has 0 atom stereocenters. The molecule has 3 nitrogen and oxygen atoms in total. The topological polar surface area (TPSA) is 46.3 Å². The number of thiocarbonyl (C=S) groups is 1. The van der Waals surface area contributed by atoms with Gasteiger partial charge in [0.15, 0.2) is 0 Å². The molecule has 0 aromatic heterocycles. The minimum absolute atomic E-state index is 0.0720. The van der Waals surface area contributed by atoms with E-state index in [9.17, 15) is 4.79 Å². The molecule has 1 fully saturated rings. The molecule has 1 amide bonds. The predicted molar refractivity (Wildman–Crippen MR) is 91.5 cm³/mol. The number of nitrogens with zero attached hydrogens (tertiary/aromatic N) is 1. The van der Waals surface area contributed by atoms with Gasteiger partial charge < -0.3 is 10.6 Å². The maximum atomic E-state index is 13.2. The van der Waals surface area contributed by atoms with Gasteiger partial charge in [-0.1, -0.05) is 43.6 Å². The summed E-state index contributed by atoms with van der Waals surface area (Å²) >= 11 is 5.28. The zero-order chi connectivity index (χ0) is 15.5. The van der Waals surface area contributed by atoms with Gasteiger partial charge in [0, 0.05) is 12.2 Å². The smallest absolute Gasteiger partial charge is 0.240 e. The number of hydrogen-bond acceptors (Lipinski definition) is 2. The van der Waals surface area contributed by atoms with Crippen molar-refractivity contribution in [2.45, 2.75) is 46.0 Å². The van der Waals surface area contributed by atoms with Crippen molar-refractivity contribution in [3.63, 3.8) is 0 Å². The number of amides is 1. The third-order valence-corrected chi connectivity index (χ3v) is 4.85. The number of carbonyl (C=O) groups excluding carboxylic acids is 1. The van der Waals surface area contributed by atoms with Gasteiger partial charge in [-0.25, -0.2) is 0 Å². The molecule has 1 aliphatic carbocycles. The first-order valence-electron chi connectivity index (χ1n) is 7.70. The molecule has 0 radical (unpaired) electrons. The lowest BCUT2D eigenvalue weighted by Gasteiger charge is -2.38. The number of anilines is 1. The lowest BCUT2D eigenvalue weighted by molar-refractivity contribution is -0.126. The molecule has 0 unspecified atom stereocenters. The number of benzene rings is 1. The Balaban J connectivity index is 2.36. The number of nitrogens with two attached hydrogens (primary N) is 1. The first-order chi connectivity index (χ1) is 10.0. The van der Waals surface area contributed by atoms with Crippen LogP contribution in [0.15, 0.2) is 24.3 Å². The predicted octanol–water partition coefficient (Wildman–Crippen LogP) is 3.58. The van der Waals surface area contributed by atoms with Crippen LogP contribution in [0, 0.1) is 12.3 Å². The monoisotopic (exact) mass is 304 g/mol. The van der Waals surface area contributed by atoms with E-state index in [1.807, 2.05) is 43.0 Å². The number of aryl methyl sites for hydroxylation is 1. The molecule has 114 valence electrons. The lowest BCUT2D eigenvalue weighted by atomic mass is 9.72. The minimum Gasteiger partial charge on any atom is -0.392 e. The highest BCUT2D eigenvalue weighted by molar-refractivity contribution is 7.80. The number of carbonyl (C=O) groups is 1. The second kappa shape index (κ2) is 6.56. The zero-order valence-electron chi connectivity index (χ0n) is 12.9. The molecule has 0 aliphatic heterocycles. The maximum absolute atomic E-state index is 13.2. The Kier molecular flexibility index (Phi) is 4.99. The van der Waals surface area contributed by atoms with E-state index in [1.165, 1.54) is 0 Å². The first-order valence-corrected chi connectivity index (χ1v) is 8.10. The van der Waals surface area contributed by atoms with Crippen LogP contribution < -0.4 is 10.6 Å². The van der Waals surface area contributed by atoms with E-state index in [0.717, 1.165) is 43.4 Å². The summed E-state index contributed by atoms with van der Waals surface area (Å²) < 4.78 is 0. The van der Waals surface area contributed by atoms with Gasteiger partial charge >= 0.3 is 0 Å². The lowest BCUT2D eigenvalue weighted by Crippen LogP contribution is -2.51. The molecule has 1 aromatic rings. The van der Waals surface area contributed by atoms with Gasteiger partial charge in [-0.3, -0.25) is 4.79 Å². The van der Waals surface area contributed by atoms with Crippen LogP contribution in [0.4, 0.5) is 5.69 Å². The molecule has 0 spiro atoms. The summed E-state index contributed by atoms with van der Waals surface area (Å²) in [6, 6.07) is 8.03. The number of hydrogen-bond donors (Lipinski definition) is 1. The summed E-state index contributed by atoms with van der Waals surface area (Å²) in [6.07, 6.45) is 4.77. The summed E-state index contributed by atoms with van der Waals surface area (Å²) in [5.41, 5.74) is 7.42. The van der Waals surface area contributed by atoms with E-state index in [1.54, 1.807) is 0 Å². The Hall–Kier alpha value is -1.42. The number of rotatable bonds is 4. The fraction of sp³-hybridized carbons (Fsp3) is 0.529. The van der Waals surface area contributed by atoms with E-state index in [2.05, 4.69) is 0 Å². The second-order valence-electron chi connectivity index (χ2n) is 5.90. The fourth-order valence-corrected chi connectivity index (χ4v) is 3.51. The van der Waals surface area contributed by atoms with Crippen LogP contribution in [0.1, 0.15) is 44.6 Å². The van der Waals surface area contributed by atoms with Gasteiger partial charge in [0.25, 0.3) is 0 Å². The Labute approximate surface area is 132 Å². The minimum atomic E-state index is -0.645. The van der Waals surface area contributed by atoms with E-state index in [0.29, 0.717) is 11.5 Å². The van der Waals surface area contributed by atoms with Crippen LogP contribution in [0.5, 0.6) is 0 Å². The molecule has 0 heterocycles. The van der Waals surface area contributed by atoms with Crippen LogP contribution in [0.25, 0.3) is 0 Å². The summed E-state index contributed by atoms with van der Waals surface area (Å²) in [7, 11) is 0. The Bertz CT molecular complexity index is 535. The van der Waals surface area contributed by atoms with Gasteiger partial charge in [0.1, 0.15) is 0 Å². The van der Waals surface area contributed by atoms with Crippen molar-refractivity contribution in [1.29, 1.82) is 0 Å². The Morgan fingerprint density at radius 2 is 2.00 bits per heavy atom. The second-order valence-corrected chi connectivity index (χ2v) is 6.34. The molecule has 1 aliphatic rings. The van der Waals surface area contributed by atoms with Gasteiger partial charge in [0.05, 0.1) is 10.4 Å². The van der Waals surface area contributed by atoms with E-state index >= 15 is 0 Å². The summed E-state index contributed by atoms with van der Waals surface area (Å²) in [5, 5.41) is 0. The highest BCUT2D eigenvalue weighted by Crippen LogP contribution is 2.39. The van der Waals surface area contributed by atoms with E-state index in [4.69, 9.17) is 18.0 Å². The molecular weight excluding hydrogens is 280 g/mol. The van der Waals surface area contributed by atoms with Crippen LogP contribution in [-0.4, -0.2) is 17.4 Å². The van der Waals surface area contributed by atoms with Crippen molar-refractivity contribution in [3.05, 3.63) is 29.8 Å². The molecule has 2 N–H and O–H groups in total. The van der Waals surface area contributed by atoms with E-state index in [-0.39, 0.29) is 5.91 Å². The third kappa shape index (κ3) is 3.10. The van der Waals surface area contributed by atoms with Crippen molar-refractivity contribution >= 4 is 28.8 Å². The van der Waals surface area contributed by atoms with Gasteiger partial charge in [-0.2, -0.15) is 0 Å².